The standard InChI is InChI=1S/C6H6ClNO.C2H6/c1-9-6-5(7)3-2-4-8-6;1-2/h2-4H,1H3;1-2H3. The van der Waals surface area contributed by atoms with Crippen LogP contribution in [0.15, 0.2) is 18.3 Å². The molecule has 2 nitrogen and oxygen atoms in total. The molecule has 1 aromatic rings. The van der Waals surface area contributed by atoms with Crippen molar-refractivity contribution in [2.75, 3.05) is 7.11 Å². The molecule has 0 unspecified atom stereocenters. The predicted molar refractivity (Wildman–Crippen MR) is 47.1 cm³/mol. The SMILES string of the molecule is CC.COc1ncccc1Cl. The van der Waals surface area contributed by atoms with Gasteiger partial charge in [0.05, 0.1) is 7.11 Å². The Bertz CT molecular complexity index is 203. The number of aromatic nitrogens is 1. The Hall–Kier alpha value is -0.760. The minimum Gasteiger partial charge on any atom is -0.480 e. The van der Waals surface area contributed by atoms with Crippen LogP contribution in [0.3, 0.4) is 0 Å². The van der Waals surface area contributed by atoms with Gasteiger partial charge >= 0.3 is 0 Å². The second-order valence-corrected chi connectivity index (χ2v) is 1.90. The fourth-order valence-electron chi connectivity index (χ4n) is 0.521. The van der Waals surface area contributed by atoms with Crippen LogP contribution in [0.5, 0.6) is 5.88 Å². The molecule has 0 atom stereocenters. The van der Waals surface area contributed by atoms with E-state index in [1.54, 1.807) is 18.3 Å². The quantitative estimate of drug-likeness (QED) is 0.652. The van der Waals surface area contributed by atoms with E-state index in [4.69, 9.17) is 16.3 Å². The second-order valence-electron chi connectivity index (χ2n) is 1.49. The van der Waals surface area contributed by atoms with Gasteiger partial charge in [0.1, 0.15) is 5.02 Å². The van der Waals surface area contributed by atoms with Crippen LogP contribution >= 0.6 is 11.6 Å². The molecule has 0 bridgehead atoms. The van der Waals surface area contributed by atoms with Gasteiger partial charge in [-0.1, -0.05) is 25.4 Å². The zero-order valence-corrected chi connectivity index (χ0v) is 7.72. The number of methoxy groups -OCH3 is 1. The van der Waals surface area contributed by atoms with Crippen molar-refractivity contribution in [1.29, 1.82) is 0 Å². The van der Waals surface area contributed by atoms with Gasteiger partial charge in [0.15, 0.2) is 0 Å². The van der Waals surface area contributed by atoms with Gasteiger partial charge in [0.25, 0.3) is 0 Å². The number of pyridine rings is 1. The fourth-order valence-corrected chi connectivity index (χ4v) is 0.720. The molecular formula is C8H12ClNO. The van der Waals surface area contributed by atoms with Crippen molar-refractivity contribution in [2.24, 2.45) is 0 Å². The van der Waals surface area contributed by atoms with Crippen molar-refractivity contribution in [3.63, 3.8) is 0 Å². The Balaban J connectivity index is 0.000000461. The summed E-state index contributed by atoms with van der Waals surface area (Å²) in [6.45, 7) is 4.00. The van der Waals surface area contributed by atoms with Crippen LogP contribution in [-0.4, -0.2) is 12.1 Å². The summed E-state index contributed by atoms with van der Waals surface area (Å²) < 4.78 is 4.80. The highest BCUT2D eigenvalue weighted by atomic mass is 35.5. The van der Waals surface area contributed by atoms with Crippen molar-refractivity contribution >= 4 is 11.6 Å². The molecular weight excluding hydrogens is 162 g/mol. The van der Waals surface area contributed by atoms with E-state index in [-0.39, 0.29) is 0 Å². The highest BCUT2D eigenvalue weighted by Crippen LogP contribution is 2.18. The highest BCUT2D eigenvalue weighted by molar-refractivity contribution is 6.31. The van der Waals surface area contributed by atoms with Gasteiger partial charge in [-0.2, -0.15) is 0 Å². The summed E-state index contributed by atoms with van der Waals surface area (Å²) >= 11 is 5.64. The van der Waals surface area contributed by atoms with Gasteiger partial charge in [-0.05, 0) is 12.1 Å². The van der Waals surface area contributed by atoms with Crippen molar-refractivity contribution in [2.45, 2.75) is 13.8 Å². The lowest BCUT2D eigenvalue weighted by Gasteiger charge is -1.97. The first-order valence-corrected chi connectivity index (χ1v) is 3.87. The van der Waals surface area contributed by atoms with E-state index in [0.717, 1.165) is 0 Å². The van der Waals surface area contributed by atoms with E-state index in [9.17, 15) is 0 Å². The van der Waals surface area contributed by atoms with Crippen molar-refractivity contribution in [3.05, 3.63) is 23.4 Å². The molecule has 62 valence electrons. The number of rotatable bonds is 1. The van der Waals surface area contributed by atoms with Crippen molar-refractivity contribution in [1.82, 2.24) is 4.98 Å². The molecule has 0 aromatic carbocycles. The fraction of sp³-hybridized carbons (Fsp3) is 0.375. The van der Waals surface area contributed by atoms with Crippen LogP contribution in [0, 0.1) is 0 Å². The van der Waals surface area contributed by atoms with Gasteiger partial charge in [-0.15, -0.1) is 0 Å². The lowest BCUT2D eigenvalue weighted by atomic mass is 10.5. The van der Waals surface area contributed by atoms with Gasteiger partial charge in [0, 0.05) is 6.20 Å². The van der Waals surface area contributed by atoms with Crippen LogP contribution < -0.4 is 4.74 Å². The summed E-state index contributed by atoms with van der Waals surface area (Å²) in [6, 6.07) is 3.48. The van der Waals surface area contributed by atoms with E-state index in [1.165, 1.54) is 7.11 Å². The molecule has 3 heteroatoms. The molecule has 0 aliphatic heterocycles. The first kappa shape index (κ1) is 10.2. The second kappa shape index (κ2) is 5.98. The minimum atomic E-state index is 0.471. The van der Waals surface area contributed by atoms with Gasteiger partial charge in [-0.3, -0.25) is 0 Å². The maximum atomic E-state index is 5.64. The maximum absolute atomic E-state index is 5.64. The Labute approximate surface area is 72.2 Å². The highest BCUT2D eigenvalue weighted by Gasteiger charge is 1.95. The minimum absolute atomic E-state index is 0.471. The third-order valence-corrected chi connectivity index (χ3v) is 1.21. The van der Waals surface area contributed by atoms with E-state index in [1.807, 2.05) is 13.8 Å². The molecule has 0 N–H and O–H groups in total. The molecule has 0 saturated carbocycles. The molecule has 0 fully saturated rings. The Kier molecular flexibility index (Phi) is 5.57. The Morgan fingerprint density at radius 2 is 2.09 bits per heavy atom. The summed E-state index contributed by atoms with van der Waals surface area (Å²) in [5.74, 6) is 0.471. The van der Waals surface area contributed by atoms with Gasteiger partial charge in [-0.25, -0.2) is 4.98 Å². The lowest BCUT2D eigenvalue weighted by Crippen LogP contribution is -1.85. The molecule has 0 aliphatic carbocycles. The van der Waals surface area contributed by atoms with Gasteiger partial charge in [0.2, 0.25) is 5.88 Å². The van der Waals surface area contributed by atoms with E-state index in [2.05, 4.69) is 4.98 Å². The Morgan fingerprint density at radius 3 is 2.45 bits per heavy atom. The molecule has 1 rings (SSSR count). The van der Waals surface area contributed by atoms with Crippen LogP contribution in [-0.2, 0) is 0 Å². The molecule has 1 aromatic heterocycles. The lowest BCUT2D eigenvalue weighted by molar-refractivity contribution is 0.398. The molecule has 0 radical (unpaired) electrons. The van der Waals surface area contributed by atoms with E-state index in [0.29, 0.717) is 10.9 Å². The monoisotopic (exact) mass is 173 g/mol. The average molecular weight is 174 g/mol. The zero-order valence-electron chi connectivity index (χ0n) is 6.97. The van der Waals surface area contributed by atoms with Crippen molar-refractivity contribution < 1.29 is 4.74 Å². The average Bonchev–Trinajstić information content (AvgIpc) is 2.09. The first-order valence-electron chi connectivity index (χ1n) is 3.49. The van der Waals surface area contributed by atoms with E-state index >= 15 is 0 Å². The summed E-state index contributed by atoms with van der Waals surface area (Å²) in [4.78, 5) is 3.84. The summed E-state index contributed by atoms with van der Waals surface area (Å²) in [5.41, 5.74) is 0. The number of hydrogen-bond donors (Lipinski definition) is 0. The number of nitrogens with zero attached hydrogens (tertiary/aromatic N) is 1. The topological polar surface area (TPSA) is 22.1 Å². The molecule has 1 heterocycles. The van der Waals surface area contributed by atoms with Gasteiger partial charge < -0.3 is 4.74 Å². The summed E-state index contributed by atoms with van der Waals surface area (Å²) in [7, 11) is 1.54. The number of halogens is 1. The van der Waals surface area contributed by atoms with Crippen LogP contribution in [0.4, 0.5) is 0 Å². The zero-order chi connectivity index (χ0) is 8.69. The van der Waals surface area contributed by atoms with Crippen LogP contribution in [0.25, 0.3) is 0 Å². The molecule has 0 spiro atoms. The third kappa shape index (κ3) is 3.23. The normalized spacial score (nSPS) is 8.00. The third-order valence-electron chi connectivity index (χ3n) is 0.918. The summed E-state index contributed by atoms with van der Waals surface area (Å²) in [6.07, 6.45) is 1.63. The first-order chi connectivity index (χ1) is 5.34. The largest absolute Gasteiger partial charge is 0.480 e. The predicted octanol–water partition coefficient (Wildman–Crippen LogP) is 2.77. The molecule has 0 saturated heterocycles. The Morgan fingerprint density at radius 1 is 1.45 bits per heavy atom. The van der Waals surface area contributed by atoms with Crippen LogP contribution in [0.1, 0.15) is 13.8 Å². The molecule has 0 aliphatic rings. The summed E-state index contributed by atoms with van der Waals surface area (Å²) in [5, 5.41) is 0.542. The van der Waals surface area contributed by atoms with Crippen LogP contribution in [0.2, 0.25) is 5.02 Å². The van der Waals surface area contributed by atoms with E-state index < -0.39 is 0 Å². The smallest absolute Gasteiger partial charge is 0.232 e. The molecule has 0 amide bonds. The molecule has 11 heavy (non-hydrogen) atoms. The van der Waals surface area contributed by atoms with Crippen molar-refractivity contribution in [3.8, 4) is 5.88 Å². The maximum Gasteiger partial charge on any atom is 0.232 e. The number of ether oxygens (including phenoxy) is 1. The number of hydrogen-bond acceptors (Lipinski definition) is 2.